The van der Waals surface area contributed by atoms with Crippen LogP contribution in [0.25, 0.3) is 0 Å². The minimum absolute atomic E-state index is 0.520. The first kappa shape index (κ1) is 11.9. The molecule has 2 heterocycles. The van der Waals surface area contributed by atoms with Crippen molar-refractivity contribution in [2.24, 2.45) is 0 Å². The SMILES string of the molecule is CN1CCC(N2CCNCC23CCCCC3)C1. The monoisotopic (exact) mass is 237 g/mol. The molecule has 0 aromatic heterocycles. The van der Waals surface area contributed by atoms with Crippen LogP contribution in [0.1, 0.15) is 38.5 Å². The molecule has 1 saturated carbocycles. The third-order valence-corrected chi connectivity index (χ3v) is 5.18. The van der Waals surface area contributed by atoms with E-state index in [9.17, 15) is 0 Å². The number of hydrogen-bond acceptors (Lipinski definition) is 3. The normalized spacial score (nSPS) is 35.5. The van der Waals surface area contributed by atoms with Gasteiger partial charge >= 0.3 is 0 Å². The van der Waals surface area contributed by atoms with E-state index in [0.29, 0.717) is 5.54 Å². The van der Waals surface area contributed by atoms with Crippen LogP contribution in [-0.4, -0.2) is 61.2 Å². The van der Waals surface area contributed by atoms with Crippen LogP contribution in [0.3, 0.4) is 0 Å². The Morgan fingerprint density at radius 3 is 2.65 bits per heavy atom. The molecule has 1 unspecified atom stereocenters. The van der Waals surface area contributed by atoms with Gasteiger partial charge in [-0.05, 0) is 32.9 Å². The first-order valence-electron chi connectivity index (χ1n) is 7.46. The van der Waals surface area contributed by atoms with E-state index >= 15 is 0 Å². The minimum Gasteiger partial charge on any atom is -0.314 e. The largest absolute Gasteiger partial charge is 0.314 e. The topological polar surface area (TPSA) is 18.5 Å². The summed E-state index contributed by atoms with van der Waals surface area (Å²) in [5, 5.41) is 3.65. The molecule has 0 aromatic carbocycles. The van der Waals surface area contributed by atoms with Crippen LogP contribution in [0.5, 0.6) is 0 Å². The smallest absolute Gasteiger partial charge is 0.0337 e. The van der Waals surface area contributed by atoms with Crippen molar-refractivity contribution in [3.8, 4) is 0 Å². The standard InChI is InChI=1S/C14H27N3/c1-16-9-5-13(11-16)17-10-8-15-12-14(17)6-3-2-4-7-14/h13,15H,2-12H2,1H3. The Morgan fingerprint density at radius 1 is 1.12 bits per heavy atom. The molecule has 1 N–H and O–H groups in total. The molecule has 1 atom stereocenters. The van der Waals surface area contributed by atoms with Crippen molar-refractivity contribution in [2.45, 2.75) is 50.1 Å². The molecular weight excluding hydrogens is 210 g/mol. The summed E-state index contributed by atoms with van der Waals surface area (Å²) in [5.74, 6) is 0. The highest BCUT2D eigenvalue weighted by atomic mass is 15.3. The van der Waals surface area contributed by atoms with Gasteiger partial charge in [0.05, 0.1) is 0 Å². The van der Waals surface area contributed by atoms with Gasteiger partial charge in [-0.15, -0.1) is 0 Å². The highest BCUT2D eigenvalue weighted by Gasteiger charge is 2.43. The molecule has 3 rings (SSSR count). The molecular formula is C14H27N3. The molecule has 2 aliphatic heterocycles. The van der Waals surface area contributed by atoms with Gasteiger partial charge < -0.3 is 10.2 Å². The zero-order valence-corrected chi connectivity index (χ0v) is 11.2. The second kappa shape index (κ2) is 4.87. The fraction of sp³-hybridized carbons (Fsp3) is 1.00. The number of nitrogens with one attached hydrogen (secondary N) is 1. The van der Waals surface area contributed by atoms with Crippen molar-refractivity contribution in [1.82, 2.24) is 15.1 Å². The Morgan fingerprint density at radius 2 is 1.94 bits per heavy atom. The number of likely N-dealkylation sites (tertiary alicyclic amines) is 1. The van der Waals surface area contributed by atoms with Crippen molar-refractivity contribution >= 4 is 0 Å². The van der Waals surface area contributed by atoms with Gasteiger partial charge in [-0.3, -0.25) is 4.90 Å². The van der Waals surface area contributed by atoms with Crippen LogP contribution < -0.4 is 5.32 Å². The van der Waals surface area contributed by atoms with E-state index in [-0.39, 0.29) is 0 Å². The lowest BCUT2D eigenvalue weighted by atomic mass is 9.78. The maximum absolute atomic E-state index is 3.65. The van der Waals surface area contributed by atoms with Gasteiger partial charge in [-0.25, -0.2) is 0 Å². The summed E-state index contributed by atoms with van der Waals surface area (Å²) in [6, 6.07) is 0.834. The zero-order valence-electron chi connectivity index (χ0n) is 11.2. The van der Waals surface area contributed by atoms with E-state index in [0.717, 1.165) is 6.04 Å². The van der Waals surface area contributed by atoms with Gasteiger partial charge in [-0.1, -0.05) is 19.3 Å². The third-order valence-electron chi connectivity index (χ3n) is 5.18. The Kier molecular flexibility index (Phi) is 3.42. The van der Waals surface area contributed by atoms with Crippen molar-refractivity contribution in [3.05, 3.63) is 0 Å². The molecule has 1 spiro atoms. The maximum atomic E-state index is 3.65. The Bertz CT molecular complexity index is 252. The molecule has 3 fully saturated rings. The van der Waals surface area contributed by atoms with E-state index < -0.39 is 0 Å². The predicted octanol–water partition coefficient (Wildman–Crippen LogP) is 1.30. The highest BCUT2D eigenvalue weighted by Crippen LogP contribution is 2.37. The molecule has 0 aromatic rings. The van der Waals surface area contributed by atoms with Crippen molar-refractivity contribution in [2.75, 3.05) is 39.8 Å². The molecule has 3 nitrogen and oxygen atoms in total. The first-order valence-corrected chi connectivity index (χ1v) is 7.46. The van der Waals surface area contributed by atoms with Gasteiger partial charge in [-0.2, -0.15) is 0 Å². The number of likely N-dealkylation sites (N-methyl/N-ethyl adjacent to an activating group) is 1. The number of piperazine rings is 1. The van der Waals surface area contributed by atoms with Crippen molar-refractivity contribution in [1.29, 1.82) is 0 Å². The molecule has 2 saturated heterocycles. The molecule has 98 valence electrons. The maximum Gasteiger partial charge on any atom is 0.0337 e. The number of nitrogens with zero attached hydrogens (tertiary/aromatic N) is 2. The summed E-state index contributed by atoms with van der Waals surface area (Å²) in [7, 11) is 2.27. The molecule has 17 heavy (non-hydrogen) atoms. The lowest BCUT2D eigenvalue weighted by Gasteiger charge is -2.52. The summed E-state index contributed by atoms with van der Waals surface area (Å²) in [6.07, 6.45) is 8.60. The summed E-state index contributed by atoms with van der Waals surface area (Å²) in [5.41, 5.74) is 0.520. The third kappa shape index (κ3) is 2.25. The van der Waals surface area contributed by atoms with E-state index in [1.165, 1.54) is 71.2 Å². The van der Waals surface area contributed by atoms with E-state index in [4.69, 9.17) is 0 Å². The van der Waals surface area contributed by atoms with E-state index in [2.05, 4.69) is 22.2 Å². The fourth-order valence-corrected chi connectivity index (χ4v) is 4.27. The van der Waals surface area contributed by atoms with E-state index in [1.807, 2.05) is 0 Å². The van der Waals surface area contributed by atoms with Crippen LogP contribution in [0.4, 0.5) is 0 Å². The summed E-state index contributed by atoms with van der Waals surface area (Å²) in [4.78, 5) is 5.40. The fourth-order valence-electron chi connectivity index (χ4n) is 4.27. The molecule has 0 amide bonds. The van der Waals surface area contributed by atoms with Gasteiger partial charge in [0.1, 0.15) is 0 Å². The summed E-state index contributed by atoms with van der Waals surface area (Å²) >= 11 is 0. The Labute approximate surface area is 106 Å². The van der Waals surface area contributed by atoms with Gasteiger partial charge in [0.25, 0.3) is 0 Å². The molecule has 0 bridgehead atoms. The molecule has 3 heteroatoms. The minimum atomic E-state index is 0.520. The average Bonchev–Trinajstić information content (AvgIpc) is 2.77. The van der Waals surface area contributed by atoms with Crippen molar-refractivity contribution in [3.63, 3.8) is 0 Å². The van der Waals surface area contributed by atoms with Gasteiger partial charge in [0.2, 0.25) is 0 Å². The predicted molar refractivity (Wildman–Crippen MR) is 71.3 cm³/mol. The second-order valence-corrected chi connectivity index (χ2v) is 6.36. The molecule has 0 radical (unpaired) electrons. The van der Waals surface area contributed by atoms with Gasteiger partial charge in [0, 0.05) is 37.8 Å². The number of hydrogen-bond donors (Lipinski definition) is 1. The van der Waals surface area contributed by atoms with Gasteiger partial charge in [0.15, 0.2) is 0 Å². The lowest BCUT2D eigenvalue weighted by molar-refractivity contribution is -0.00376. The molecule has 3 aliphatic rings. The zero-order chi connectivity index (χ0) is 11.7. The quantitative estimate of drug-likeness (QED) is 0.741. The highest BCUT2D eigenvalue weighted by molar-refractivity contribution is 5.01. The molecule has 1 aliphatic carbocycles. The summed E-state index contributed by atoms with van der Waals surface area (Å²) < 4.78 is 0. The van der Waals surface area contributed by atoms with Crippen LogP contribution >= 0.6 is 0 Å². The van der Waals surface area contributed by atoms with Crippen LogP contribution in [-0.2, 0) is 0 Å². The van der Waals surface area contributed by atoms with Crippen LogP contribution in [0, 0.1) is 0 Å². The second-order valence-electron chi connectivity index (χ2n) is 6.36. The summed E-state index contributed by atoms with van der Waals surface area (Å²) in [6.45, 7) is 6.31. The van der Waals surface area contributed by atoms with Crippen LogP contribution in [0.2, 0.25) is 0 Å². The average molecular weight is 237 g/mol. The number of rotatable bonds is 1. The first-order chi connectivity index (χ1) is 8.30. The van der Waals surface area contributed by atoms with E-state index in [1.54, 1.807) is 0 Å². The Hall–Kier alpha value is -0.120. The Balaban J connectivity index is 1.74. The van der Waals surface area contributed by atoms with Crippen molar-refractivity contribution < 1.29 is 0 Å². The van der Waals surface area contributed by atoms with Crippen LogP contribution in [0.15, 0.2) is 0 Å². The lowest BCUT2D eigenvalue weighted by Crippen LogP contribution is -2.65.